The van der Waals surface area contributed by atoms with Crippen molar-refractivity contribution in [2.45, 2.75) is 284 Å². The van der Waals surface area contributed by atoms with Crippen molar-refractivity contribution in [2.24, 2.45) is 0 Å². The SMILES string of the molecule is CC/C=C\C/C=C\C/C=C\C/C=C\C/C=C\C/C=C\C/C=C\CCCCCC(=O)OCC(COC(=O)CCCCCCCCCCC/C=C\C/C=C\CCCCC)OC(=O)CCCCCCC/C=C\C/C=C\C/C=C\C/C=C\C/C=C\CC. The van der Waals surface area contributed by atoms with E-state index in [4.69, 9.17) is 14.2 Å². The second-order valence-corrected chi connectivity index (χ2v) is 21.6. The highest BCUT2D eigenvalue weighted by Crippen LogP contribution is 2.14. The summed E-state index contributed by atoms with van der Waals surface area (Å²) in [6.07, 6.45) is 102. The van der Waals surface area contributed by atoms with E-state index in [1.165, 1.54) is 70.6 Å². The molecule has 0 aliphatic heterocycles. The average Bonchev–Trinajstić information content (AvgIpc) is 3.50. The highest BCUT2D eigenvalue weighted by atomic mass is 16.6. The normalized spacial score (nSPS) is 13.2. The molecule has 0 aromatic rings. The highest BCUT2D eigenvalue weighted by Gasteiger charge is 2.19. The maximum absolute atomic E-state index is 13.0. The summed E-state index contributed by atoms with van der Waals surface area (Å²) in [4.78, 5) is 38.5. The fraction of sp³-hybridized carbons (Fsp3) is 0.597. The number of carbonyl (C=O) groups excluding carboxylic acids is 3. The molecule has 0 aromatic carbocycles. The van der Waals surface area contributed by atoms with E-state index in [0.29, 0.717) is 12.8 Å². The minimum Gasteiger partial charge on any atom is -0.462 e. The number of hydrogen-bond acceptors (Lipinski definition) is 6. The van der Waals surface area contributed by atoms with Gasteiger partial charge in [-0.2, -0.15) is 0 Å². The summed E-state index contributed by atoms with van der Waals surface area (Å²) in [5.41, 5.74) is 0. The van der Waals surface area contributed by atoms with E-state index in [-0.39, 0.29) is 37.5 Å². The average molecular weight is 1140 g/mol. The van der Waals surface area contributed by atoms with Crippen LogP contribution in [-0.4, -0.2) is 37.2 Å². The number of ether oxygens (including phenoxy) is 3. The van der Waals surface area contributed by atoms with Gasteiger partial charge < -0.3 is 14.2 Å². The van der Waals surface area contributed by atoms with Gasteiger partial charge in [0.15, 0.2) is 6.10 Å². The Morgan fingerprint density at radius 3 is 0.747 bits per heavy atom. The van der Waals surface area contributed by atoms with Crippen LogP contribution in [0, 0.1) is 0 Å². The van der Waals surface area contributed by atoms with Gasteiger partial charge in [0.2, 0.25) is 0 Å². The molecule has 0 aliphatic rings. The predicted octanol–water partition coefficient (Wildman–Crippen LogP) is 23.4. The van der Waals surface area contributed by atoms with Gasteiger partial charge in [-0.05, 0) is 154 Å². The lowest BCUT2D eigenvalue weighted by atomic mass is 10.1. The van der Waals surface area contributed by atoms with Crippen LogP contribution in [0.3, 0.4) is 0 Å². The van der Waals surface area contributed by atoms with Gasteiger partial charge >= 0.3 is 17.9 Å². The van der Waals surface area contributed by atoms with Crippen molar-refractivity contribution >= 4 is 17.9 Å². The molecule has 466 valence electrons. The van der Waals surface area contributed by atoms with E-state index in [0.717, 1.165) is 167 Å². The monoisotopic (exact) mass is 1140 g/mol. The van der Waals surface area contributed by atoms with E-state index in [2.05, 4.69) is 191 Å². The second kappa shape index (κ2) is 69.3. The van der Waals surface area contributed by atoms with E-state index in [1.54, 1.807) is 0 Å². The molecule has 0 saturated carbocycles. The summed E-state index contributed by atoms with van der Waals surface area (Å²) < 4.78 is 16.9. The summed E-state index contributed by atoms with van der Waals surface area (Å²) >= 11 is 0. The minimum atomic E-state index is -0.816. The summed E-state index contributed by atoms with van der Waals surface area (Å²) in [5, 5.41) is 0. The lowest BCUT2D eigenvalue weighted by Crippen LogP contribution is -2.30. The molecular formula is C77H122O6. The van der Waals surface area contributed by atoms with E-state index in [9.17, 15) is 14.4 Å². The van der Waals surface area contributed by atoms with Crippen LogP contribution >= 0.6 is 0 Å². The Kier molecular flexibility index (Phi) is 64.9. The molecule has 6 nitrogen and oxygen atoms in total. The maximum Gasteiger partial charge on any atom is 0.306 e. The van der Waals surface area contributed by atoms with Gasteiger partial charge in [0.05, 0.1) is 0 Å². The summed E-state index contributed by atoms with van der Waals surface area (Å²) in [5.74, 6) is -0.965. The zero-order valence-corrected chi connectivity index (χ0v) is 53.4. The van der Waals surface area contributed by atoms with Crippen molar-refractivity contribution in [3.63, 3.8) is 0 Å². The quantitative estimate of drug-likeness (QED) is 0.0261. The molecule has 0 bridgehead atoms. The Hall–Kier alpha value is -5.23. The summed E-state index contributed by atoms with van der Waals surface area (Å²) in [7, 11) is 0. The van der Waals surface area contributed by atoms with Crippen LogP contribution in [0.2, 0.25) is 0 Å². The van der Waals surface area contributed by atoms with Crippen LogP contribution in [0.15, 0.2) is 170 Å². The molecule has 0 saturated heterocycles. The number of unbranched alkanes of at least 4 members (excludes halogenated alkanes) is 20. The van der Waals surface area contributed by atoms with Crippen LogP contribution < -0.4 is 0 Å². The molecule has 6 heteroatoms. The van der Waals surface area contributed by atoms with Gasteiger partial charge in [-0.25, -0.2) is 0 Å². The Bertz CT molecular complexity index is 1890. The lowest BCUT2D eigenvalue weighted by molar-refractivity contribution is -0.167. The number of hydrogen-bond donors (Lipinski definition) is 0. The van der Waals surface area contributed by atoms with Crippen molar-refractivity contribution in [3.05, 3.63) is 170 Å². The zero-order valence-electron chi connectivity index (χ0n) is 53.4. The van der Waals surface area contributed by atoms with Gasteiger partial charge in [0.25, 0.3) is 0 Å². The van der Waals surface area contributed by atoms with Crippen molar-refractivity contribution in [2.75, 3.05) is 13.2 Å². The van der Waals surface area contributed by atoms with Crippen LogP contribution in [0.1, 0.15) is 278 Å². The zero-order chi connectivity index (χ0) is 59.9. The first-order chi connectivity index (χ1) is 41.0. The first-order valence-electron chi connectivity index (χ1n) is 33.6. The van der Waals surface area contributed by atoms with E-state index >= 15 is 0 Å². The number of carbonyl (C=O) groups is 3. The Balaban J connectivity index is 4.54. The second-order valence-electron chi connectivity index (χ2n) is 21.6. The topological polar surface area (TPSA) is 78.9 Å². The third-order valence-corrected chi connectivity index (χ3v) is 13.7. The fourth-order valence-electron chi connectivity index (χ4n) is 8.71. The van der Waals surface area contributed by atoms with Crippen LogP contribution in [0.25, 0.3) is 0 Å². The molecular weight excluding hydrogens is 1020 g/mol. The smallest absolute Gasteiger partial charge is 0.306 e. The minimum absolute atomic E-state index is 0.107. The molecule has 0 radical (unpaired) electrons. The van der Waals surface area contributed by atoms with Crippen molar-refractivity contribution in [3.8, 4) is 0 Å². The van der Waals surface area contributed by atoms with Gasteiger partial charge in [0, 0.05) is 19.3 Å². The fourth-order valence-corrected chi connectivity index (χ4v) is 8.71. The molecule has 83 heavy (non-hydrogen) atoms. The molecule has 1 atom stereocenters. The maximum atomic E-state index is 13.0. The van der Waals surface area contributed by atoms with Crippen LogP contribution in [0.4, 0.5) is 0 Å². The molecule has 0 spiro atoms. The van der Waals surface area contributed by atoms with Gasteiger partial charge in [-0.3, -0.25) is 14.4 Å². The molecule has 0 rings (SSSR count). The summed E-state index contributed by atoms with van der Waals surface area (Å²) in [6.45, 7) is 6.34. The third kappa shape index (κ3) is 67.4. The van der Waals surface area contributed by atoms with Crippen molar-refractivity contribution in [1.29, 1.82) is 0 Å². The molecule has 0 fully saturated rings. The van der Waals surface area contributed by atoms with Crippen molar-refractivity contribution < 1.29 is 28.6 Å². The number of esters is 3. The molecule has 0 N–H and O–H groups in total. The van der Waals surface area contributed by atoms with E-state index < -0.39 is 6.10 Å². The summed E-state index contributed by atoms with van der Waals surface area (Å²) in [6, 6.07) is 0. The molecule has 0 heterocycles. The third-order valence-electron chi connectivity index (χ3n) is 13.7. The molecule has 0 amide bonds. The molecule has 0 aromatic heterocycles. The lowest BCUT2D eigenvalue weighted by Gasteiger charge is -2.18. The van der Waals surface area contributed by atoms with Crippen LogP contribution in [0.5, 0.6) is 0 Å². The predicted molar refractivity (Wildman–Crippen MR) is 361 cm³/mol. The van der Waals surface area contributed by atoms with Gasteiger partial charge in [0.1, 0.15) is 13.2 Å². The first kappa shape index (κ1) is 77.8. The standard InChI is InChI=1S/C77H122O6/c1-4-7-10-13-16-19-22-25-28-31-34-36-37-38-39-41-43-46-49-52-55-58-61-64-67-70-76(79)82-73-74(72-81-75(78)69-66-63-60-57-54-51-48-45-42-33-30-27-24-21-18-15-12-9-6-3)83-77(80)71-68-65-62-59-56-53-50-47-44-40-35-32-29-26-23-20-17-14-11-8-5-2/h7-8,10-11,16-21,25-30,34-36,38-40,43,46-47,50,52,55,74H,4-6,9,12-15,22-24,31-33,37,41-42,44-45,48-49,51,53-54,56-73H2,1-3H3/b10-7-,11-8-,19-16-,20-17-,21-18-,28-25-,29-26-,30-27-,36-34-,39-38-,40-35-,46-43-,50-47-,55-52-. The molecule has 1 unspecified atom stereocenters. The number of allylic oxidation sites excluding steroid dienone is 28. The highest BCUT2D eigenvalue weighted by molar-refractivity contribution is 5.71. The Morgan fingerprint density at radius 1 is 0.253 bits per heavy atom. The van der Waals surface area contributed by atoms with Gasteiger partial charge in [-0.1, -0.05) is 274 Å². The number of rotatable bonds is 59. The Morgan fingerprint density at radius 2 is 0.470 bits per heavy atom. The van der Waals surface area contributed by atoms with Gasteiger partial charge in [-0.15, -0.1) is 0 Å². The first-order valence-corrected chi connectivity index (χ1v) is 33.6. The van der Waals surface area contributed by atoms with Crippen LogP contribution in [-0.2, 0) is 28.6 Å². The van der Waals surface area contributed by atoms with E-state index in [1.807, 2.05) is 0 Å². The Labute approximate surface area is 511 Å². The largest absolute Gasteiger partial charge is 0.462 e. The van der Waals surface area contributed by atoms with Crippen molar-refractivity contribution in [1.82, 2.24) is 0 Å². The molecule has 0 aliphatic carbocycles.